The zero-order chi connectivity index (χ0) is 23.3. The Labute approximate surface area is 187 Å². The number of carbonyl (C=O) groups is 4. The topological polar surface area (TPSA) is 116 Å². The zero-order valence-electron chi connectivity index (χ0n) is 18.9. The average Bonchev–Trinajstić information content (AvgIpc) is 2.93. The molecule has 8 nitrogen and oxygen atoms in total. The van der Waals surface area contributed by atoms with Crippen LogP contribution in [-0.4, -0.2) is 53.2 Å². The first-order valence-corrected chi connectivity index (χ1v) is 11.7. The minimum absolute atomic E-state index is 0.0579. The van der Waals surface area contributed by atoms with Crippen molar-refractivity contribution >= 4 is 23.7 Å². The molecule has 0 aromatic rings. The second-order valence-corrected chi connectivity index (χ2v) is 9.85. The predicted molar refractivity (Wildman–Crippen MR) is 111 cm³/mol. The van der Waals surface area contributed by atoms with Crippen LogP contribution in [0.2, 0.25) is 0 Å². The first-order chi connectivity index (χ1) is 15.2. The lowest BCUT2D eigenvalue weighted by molar-refractivity contribution is -0.322. The lowest BCUT2D eigenvalue weighted by Crippen LogP contribution is -2.80. The molecule has 0 aromatic carbocycles. The molecular weight excluding hydrogens is 416 g/mol. The van der Waals surface area contributed by atoms with Crippen molar-refractivity contribution in [3.05, 3.63) is 12.2 Å². The number of hydrogen-bond donors (Lipinski definition) is 1. The van der Waals surface area contributed by atoms with Gasteiger partial charge in [0.1, 0.15) is 29.5 Å². The van der Waals surface area contributed by atoms with E-state index in [1.165, 1.54) is 6.08 Å². The summed E-state index contributed by atoms with van der Waals surface area (Å²) in [5.74, 6) is -3.67. The molecule has 176 valence electrons. The van der Waals surface area contributed by atoms with E-state index in [2.05, 4.69) is 6.92 Å². The molecule has 0 radical (unpaired) electrons. The third-order valence-electron chi connectivity index (χ3n) is 8.52. The normalized spacial score (nSPS) is 42.4. The molecule has 2 saturated heterocycles. The van der Waals surface area contributed by atoms with Gasteiger partial charge in [-0.2, -0.15) is 0 Å². The van der Waals surface area contributed by atoms with Crippen LogP contribution in [0.3, 0.4) is 0 Å². The molecule has 0 aromatic heterocycles. The number of cyclic esters (lactones) is 1. The zero-order valence-corrected chi connectivity index (χ0v) is 18.9. The van der Waals surface area contributed by atoms with Gasteiger partial charge in [-0.15, -0.1) is 0 Å². The highest BCUT2D eigenvalue weighted by Crippen LogP contribution is 2.70. The molecule has 2 aliphatic heterocycles. The Hall–Kier alpha value is -2.22. The van der Waals surface area contributed by atoms with Crippen molar-refractivity contribution in [1.82, 2.24) is 0 Å². The maximum atomic E-state index is 13.0. The van der Waals surface area contributed by atoms with Gasteiger partial charge >= 0.3 is 17.9 Å². The minimum atomic E-state index is -1.85. The Morgan fingerprint density at radius 2 is 1.97 bits per heavy atom. The molecule has 2 spiro atoms. The van der Waals surface area contributed by atoms with Crippen LogP contribution < -0.4 is 0 Å². The second-order valence-electron chi connectivity index (χ2n) is 9.85. The summed E-state index contributed by atoms with van der Waals surface area (Å²) in [7, 11) is 0. The number of ether oxygens (including phenoxy) is 3. The standard InChI is InChI=1S/C24H32O8/c1-4-5-6-7-8-9-10-18(26)32-19-20(27)31-17-12-22(19)14(2)16(25)11-24(22,29)23(15(17)3)13-30-21(23)28/h9-10,14-15,17,19,29H,4-8,11-13H2,1-3H3/b10-9-/t14-,15-,17-,19+,22+,23-,24-/m1/s1. The smallest absolute Gasteiger partial charge is 0.348 e. The highest BCUT2D eigenvalue weighted by molar-refractivity contribution is 5.95. The Balaban J connectivity index is 1.64. The van der Waals surface area contributed by atoms with Gasteiger partial charge in [0.25, 0.3) is 0 Å². The van der Waals surface area contributed by atoms with Crippen LogP contribution in [0.5, 0.6) is 0 Å². The van der Waals surface area contributed by atoms with E-state index in [-0.39, 0.29) is 25.2 Å². The fraction of sp³-hybridized carbons (Fsp3) is 0.750. The molecule has 0 unspecified atom stereocenters. The monoisotopic (exact) mass is 448 g/mol. The molecular formula is C24H32O8. The summed E-state index contributed by atoms with van der Waals surface area (Å²) < 4.78 is 16.2. The van der Waals surface area contributed by atoms with Gasteiger partial charge in [0.15, 0.2) is 0 Å². The van der Waals surface area contributed by atoms with Crippen molar-refractivity contribution < 1.29 is 38.5 Å². The molecule has 4 fully saturated rings. The van der Waals surface area contributed by atoms with Gasteiger partial charge in [-0.1, -0.05) is 46.1 Å². The maximum absolute atomic E-state index is 13.0. The van der Waals surface area contributed by atoms with Crippen molar-refractivity contribution in [2.24, 2.45) is 22.7 Å². The summed E-state index contributed by atoms with van der Waals surface area (Å²) in [6.07, 6.45) is 5.68. The molecule has 32 heavy (non-hydrogen) atoms. The number of aliphatic hydroxyl groups is 1. The fourth-order valence-electron chi connectivity index (χ4n) is 6.52. The number of esters is 3. The number of ketones is 1. The minimum Gasteiger partial charge on any atom is -0.464 e. The van der Waals surface area contributed by atoms with Crippen molar-refractivity contribution in [3.63, 3.8) is 0 Å². The summed E-state index contributed by atoms with van der Waals surface area (Å²) in [6, 6.07) is 0. The van der Waals surface area contributed by atoms with Gasteiger partial charge in [-0.3, -0.25) is 9.59 Å². The third-order valence-corrected chi connectivity index (χ3v) is 8.52. The van der Waals surface area contributed by atoms with Crippen LogP contribution in [0.25, 0.3) is 0 Å². The van der Waals surface area contributed by atoms with E-state index in [1.807, 2.05) is 0 Å². The molecule has 4 rings (SSSR count). The first kappa shape index (κ1) is 23.0. The highest BCUT2D eigenvalue weighted by Gasteiger charge is 2.85. The van der Waals surface area contributed by atoms with Gasteiger partial charge in [-0.25, -0.2) is 9.59 Å². The Bertz CT molecular complexity index is 864. The Morgan fingerprint density at radius 1 is 1.22 bits per heavy atom. The van der Waals surface area contributed by atoms with Crippen molar-refractivity contribution in [2.45, 2.75) is 83.5 Å². The first-order valence-electron chi connectivity index (χ1n) is 11.7. The molecule has 2 bridgehead atoms. The number of hydrogen-bond acceptors (Lipinski definition) is 8. The number of carbonyl (C=O) groups excluding carboxylic acids is 4. The van der Waals surface area contributed by atoms with Crippen LogP contribution in [0.15, 0.2) is 12.2 Å². The predicted octanol–water partition coefficient (Wildman–Crippen LogP) is 2.26. The van der Waals surface area contributed by atoms with E-state index in [1.54, 1.807) is 19.9 Å². The van der Waals surface area contributed by atoms with E-state index < -0.39 is 58.4 Å². The van der Waals surface area contributed by atoms with E-state index >= 15 is 0 Å². The van der Waals surface area contributed by atoms with Crippen molar-refractivity contribution in [1.29, 1.82) is 0 Å². The third kappa shape index (κ3) is 2.84. The number of fused-ring (bicyclic) bond motifs is 2. The molecule has 2 saturated carbocycles. The quantitative estimate of drug-likeness (QED) is 0.273. The number of Topliss-reactive ketones (excluding diaryl/α,β-unsaturated/α-hetero) is 1. The summed E-state index contributed by atoms with van der Waals surface area (Å²) in [6.45, 7) is 5.43. The van der Waals surface area contributed by atoms with E-state index in [0.717, 1.165) is 25.7 Å². The van der Waals surface area contributed by atoms with Gasteiger partial charge in [-0.05, 0) is 19.3 Å². The molecule has 2 heterocycles. The van der Waals surface area contributed by atoms with Crippen molar-refractivity contribution in [2.75, 3.05) is 6.61 Å². The largest absolute Gasteiger partial charge is 0.464 e. The lowest BCUT2D eigenvalue weighted by Gasteiger charge is -2.66. The van der Waals surface area contributed by atoms with E-state index in [4.69, 9.17) is 14.2 Å². The summed E-state index contributed by atoms with van der Waals surface area (Å²) in [5.41, 5.74) is -4.65. The summed E-state index contributed by atoms with van der Waals surface area (Å²) >= 11 is 0. The average molecular weight is 449 g/mol. The number of allylic oxidation sites excluding steroid dienone is 1. The van der Waals surface area contributed by atoms with Crippen LogP contribution in [0, 0.1) is 22.7 Å². The van der Waals surface area contributed by atoms with Crippen LogP contribution in [-0.2, 0) is 33.4 Å². The SMILES string of the molecule is CCCCCC/C=C\C(=O)O[C@H]1C(=O)O[C@@H]2C[C@]13[C@H](C)C(=O)C[C@]3(O)[C@]1(COC1=O)[C@@H]2C. The molecule has 1 N–H and O–H groups in total. The van der Waals surface area contributed by atoms with Crippen LogP contribution in [0.4, 0.5) is 0 Å². The molecule has 8 heteroatoms. The van der Waals surface area contributed by atoms with Crippen LogP contribution in [0.1, 0.15) is 65.7 Å². The fourth-order valence-corrected chi connectivity index (χ4v) is 6.52. The Morgan fingerprint density at radius 3 is 2.59 bits per heavy atom. The number of rotatable bonds is 7. The molecule has 4 aliphatic rings. The molecule has 0 amide bonds. The van der Waals surface area contributed by atoms with Gasteiger partial charge in [0.2, 0.25) is 6.10 Å². The maximum Gasteiger partial charge on any atom is 0.348 e. The van der Waals surface area contributed by atoms with E-state index in [0.29, 0.717) is 6.42 Å². The lowest BCUT2D eigenvalue weighted by atomic mass is 9.43. The second kappa shape index (κ2) is 7.97. The number of unbranched alkanes of at least 4 members (excludes halogenated alkanes) is 4. The summed E-state index contributed by atoms with van der Waals surface area (Å²) in [5, 5.41) is 12.0. The Kier molecular flexibility index (Phi) is 5.72. The van der Waals surface area contributed by atoms with Crippen molar-refractivity contribution in [3.8, 4) is 0 Å². The molecule has 2 aliphatic carbocycles. The summed E-state index contributed by atoms with van der Waals surface area (Å²) in [4.78, 5) is 51.2. The van der Waals surface area contributed by atoms with Gasteiger partial charge in [0, 0.05) is 24.3 Å². The van der Waals surface area contributed by atoms with Gasteiger partial charge < -0.3 is 19.3 Å². The van der Waals surface area contributed by atoms with Crippen LogP contribution >= 0.6 is 0 Å². The van der Waals surface area contributed by atoms with E-state index in [9.17, 15) is 24.3 Å². The highest BCUT2D eigenvalue weighted by atomic mass is 16.6. The molecule has 7 atom stereocenters. The van der Waals surface area contributed by atoms with Gasteiger partial charge in [0.05, 0.1) is 5.41 Å².